The molecule has 0 aliphatic carbocycles. The van der Waals surface area contributed by atoms with Crippen molar-refractivity contribution in [2.24, 2.45) is 0 Å². The molecule has 2 amide bonds. The molecule has 0 radical (unpaired) electrons. The van der Waals surface area contributed by atoms with Crippen LogP contribution in [0.1, 0.15) is 46.3 Å². The van der Waals surface area contributed by atoms with Crippen LogP contribution in [0.2, 0.25) is 0 Å². The minimum atomic E-state index is -0.183. The Morgan fingerprint density at radius 2 is 1.63 bits per heavy atom. The number of benzene rings is 3. The molecular formula is C32H32N2O3S. The van der Waals surface area contributed by atoms with Crippen molar-refractivity contribution in [3.05, 3.63) is 112 Å². The Balaban J connectivity index is 1.38. The maximum atomic E-state index is 13.8. The van der Waals surface area contributed by atoms with Gasteiger partial charge in [0.1, 0.15) is 12.3 Å². The van der Waals surface area contributed by atoms with Gasteiger partial charge in [0.15, 0.2) is 0 Å². The molecule has 4 aromatic rings. The van der Waals surface area contributed by atoms with Gasteiger partial charge < -0.3 is 14.5 Å². The van der Waals surface area contributed by atoms with E-state index < -0.39 is 0 Å². The largest absolute Gasteiger partial charge is 0.497 e. The van der Waals surface area contributed by atoms with Gasteiger partial charge in [0, 0.05) is 23.0 Å². The van der Waals surface area contributed by atoms with Crippen molar-refractivity contribution in [1.29, 1.82) is 0 Å². The van der Waals surface area contributed by atoms with E-state index in [-0.39, 0.29) is 30.4 Å². The van der Waals surface area contributed by atoms with Gasteiger partial charge in [-0.2, -0.15) is 0 Å². The summed E-state index contributed by atoms with van der Waals surface area (Å²) in [6, 6.07) is 27.4. The zero-order chi connectivity index (χ0) is 26.6. The lowest BCUT2D eigenvalue weighted by Crippen LogP contribution is -2.48. The number of thiophene rings is 1. The van der Waals surface area contributed by atoms with E-state index in [1.807, 2.05) is 97.6 Å². The molecule has 0 N–H and O–H groups in total. The summed E-state index contributed by atoms with van der Waals surface area (Å²) < 4.78 is 5.34. The Morgan fingerprint density at radius 3 is 2.29 bits per heavy atom. The second-order valence-corrected chi connectivity index (χ2v) is 10.8. The molecule has 3 aromatic carbocycles. The number of fused-ring (bicyclic) bond motifs is 1. The SMILES string of the molecule is COc1ccc(C2c3ccsc3CCN2C(=O)CN(C(=O)c2ccc(-c3ccccc3)cc2)C(C)C)cc1. The third-order valence-corrected chi connectivity index (χ3v) is 8.14. The summed E-state index contributed by atoms with van der Waals surface area (Å²) in [5, 5.41) is 2.10. The smallest absolute Gasteiger partial charge is 0.254 e. The highest BCUT2D eigenvalue weighted by molar-refractivity contribution is 7.10. The van der Waals surface area contributed by atoms with Crippen molar-refractivity contribution in [2.75, 3.05) is 20.2 Å². The van der Waals surface area contributed by atoms with Gasteiger partial charge in [-0.05, 0) is 78.2 Å². The molecule has 6 heteroatoms. The zero-order valence-electron chi connectivity index (χ0n) is 22.0. The summed E-state index contributed by atoms with van der Waals surface area (Å²) >= 11 is 1.74. The Labute approximate surface area is 228 Å². The van der Waals surface area contributed by atoms with E-state index in [1.165, 1.54) is 10.4 Å². The Morgan fingerprint density at radius 1 is 0.947 bits per heavy atom. The lowest BCUT2D eigenvalue weighted by atomic mass is 9.93. The van der Waals surface area contributed by atoms with E-state index in [2.05, 4.69) is 11.4 Å². The first-order valence-electron chi connectivity index (χ1n) is 12.9. The summed E-state index contributed by atoms with van der Waals surface area (Å²) in [6.45, 7) is 4.56. The topological polar surface area (TPSA) is 49.9 Å². The van der Waals surface area contributed by atoms with E-state index in [1.54, 1.807) is 23.3 Å². The molecular weight excluding hydrogens is 492 g/mol. The molecule has 0 saturated carbocycles. The normalized spacial score (nSPS) is 14.7. The first kappa shape index (κ1) is 25.7. The first-order valence-corrected chi connectivity index (χ1v) is 13.8. The number of hydrogen-bond acceptors (Lipinski definition) is 4. The fraction of sp³-hybridized carbons (Fsp3) is 0.250. The number of hydrogen-bond donors (Lipinski definition) is 0. The van der Waals surface area contributed by atoms with Gasteiger partial charge in [-0.25, -0.2) is 0 Å². The van der Waals surface area contributed by atoms with E-state index >= 15 is 0 Å². The highest BCUT2D eigenvalue weighted by Gasteiger charge is 2.34. The van der Waals surface area contributed by atoms with Gasteiger partial charge in [0.05, 0.1) is 13.2 Å². The lowest BCUT2D eigenvalue weighted by Gasteiger charge is -2.38. The molecule has 1 aliphatic heterocycles. The summed E-state index contributed by atoms with van der Waals surface area (Å²) in [6.07, 6.45) is 0.821. The van der Waals surface area contributed by atoms with Crippen LogP contribution in [0.15, 0.2) is 90.3 Å². The Hall–Kier alpha value is -3.90. The van der Waals surface area contributed by atoms with Gasteiger partial charge >= 0.3 is 0 Å². The summed E-state index contributed by atoms with van der Waals surface area (Å²) in [5.74, 6) is 0.593. The van der Waals surface area contributed by atoms with Crippen LogP contribution in [-0.4, -0.2) is 47.9 Å². The molecule has 2 heterocycles. The van der Waals surface area contributed by atoms with Gasteiger partial charge in [-0.1, -0.05) is 54.6 Å². The molecule has 38 heavy (non-hydrogen) atoms. The molecule has 0 bridgehead atoms. The number of ether oxygens (including phenoxy) is 1. The minimum Gasteiger partial charge on any atom is -0.497 e. The van der Waals surface area contributed by atoms with Crippen LogP contribution in [-0.2, 0) is 11.2 Å². The number of methoxy groups -OCH3 is 1. The minimum absolute atomic E-state index is 0.0308. The van der Waals surface area contributed by atoms with Crippen LogP contribution < -0.4 is 4.74 Å². The molecule has 1 atom stereocenters. The average Bonchev–Trinajstić information content (AvgIpc) is 3.44. The van der Waals surface area contributed by atoms with Gasteiger partial charge in [-0.15, -0.1) is 11.3 Å². The van der Waals surface area contributed by atoms with Crippen molar-refractivity contribution in [1.82, 2.24) is 9.80 Å². The predicted molar refractivity (Wildman–Crippen MR) is 153 cm³/mol. The number of nitrogens with zero attached hydrogens (tertiary/aromatic N) is 2. The fourth-order valence-electron chi connectivity index (χ4n) is 5.06. The number of rotatable bonds is 7. The number of carbonyl (C=O) groups excluding carboxylic acids is 2. The molecule has 5 rings (SSSR count). The van der Waals surface area contributed by atoms with Crippen LogP contribution in [0.5, 0.6) is 5.75 Å². The lowest BCUT2D eigenvalue weighted by molar-refractivity contribution is -0.134. The molecule has 5 nitrogen and oxygen atoms in total. The van der Waals surface area contributed by atoms with Gasteiger partial charge in [0.25, 0.3) is 5.91 Å². The molecule has 1 unspecified atom stereocenters. The third kappa shape index (κ3) is 5.22. The molecule has 0 saturated heterocycles. The standard InChI is InChI=1S/C32H32N2O3S/c1-22(2)34(32(36)26-11-9-24(10-12-26)23-7-5-4-6-8-23)21-30(35)33-19-17-29-28(18-20-38-29)31(33)25-13-15-27(37-3)16-14-25/h4-16,18,20,22,31H,17,19,21H2,1-3H3. The van der Waals surface area contributed by atoms with E-state index in [9.17, 15) is 9.59 Å². The third-order valence-electron chi connectivity index (χ3n) is 7.15. The average molecular weight is 525 g/mol. The van der Waals surface area contributed by atoms with Crippen LogP contribution in [0, 0.1) is 0 Å². The first-order chi connectivity index (χ1) is 18.5. The Kier molecular flexibility index (Phi) is 7.61. The molecule has 0 spiro atoms. The van der Waals surface area contributed by atoms with Gasteiger partial charge in [-0.3, -0.25) is 9.59 Å². The van der Waals surface area contributed by atoms with Crippen molar-refractivity contribution in [3.63, 3.8) is 0 Å². The van der Waals surface area contributed by atoms with Crippen LogP contribution >= 0.6 is 11.3 Å². The quantitative estimate of drug-likeness (QED) is 0.279. The van der Waals surface area contributed by atoms with Crippen LogP contribution in [0.25, 0.3) is 11.1 Å². The van der Waals surface area contributed by atoms with Crippen molar-refractivity contribution in [3.8, 4) is 16.9 Å². The number of amides is 2. The molecule has 1 aromatic heterocycles. The van der Waals surface area contributed by atoms with Crippen LogP contribution in [0.3, 0.4) is 0 Å². The summed E-state index contributed by atoms with van der Waals surface area (Å²) in [5.41, 5.74) is 4.94. The molecule has 194 valence electrons. The molecule has 0 fully saturated rings. The highest BCUT2D eigenvalue weighted by Crippen LogP contribution is 2.38. The van der Waals surface area contributed by atoms with Crippen molar-refractivity contribution < 1.29 is 14.3 Å². The highest BCUT2D eigenvalue weighted by atomic mass is 32.1. The predicted octanol–water partition coefficient (Wildman–Crippen LogP) is 6.45. The summed E-state index contributed by atoms with van der Waals surface area (Å²) in [4.78, 5) is 32.3. The Bertz CT molecular complexity index is 1390. The summed E-state index contributed by atoms with van der Waals surface area (Å²) in [7, 11) is 1.65. The second-order valence-electron chi connectivity index (χ2n) is 9.78. The van der Waals surface area contributed by atoms with Crippen molar-refractivity contribution >= 4 is 23.2 Å². The fourth-order valence-corrected chi connectivity index (χ4v) is 5.96. The molecule has 1 aliphatic rings. The number of carbonyl (C=O) groups is 2. The van der Waals surface area contributed by atoms with Crippen molar-refractivity contribution in [2.45, 2.75) is 32.4 Å². The van der Waals surface area contributed by atoms with E-state index in [0.717, 1.165) is 28.9 Å². The monoisotopic (exact) mass is 524 g/mol. The zero-order valence-corrected chi connectivity index (χ0v) is 22.8. The van der Waals surface area contributed by atoms with E-state index in [0.29, 0.717) is 12.1 Å². The van der Waals surface area contributed by atoms with Gasteiger partial charge in [0.2, 0.25) is 5.91 Å². The maximum Gasteiger partial charge on any atom is 0.254 e. The maximum absolute atomic E-state index is 13.8. The second kappa shape index (κ2) is 11.2. The van der Waals surface area contributed by atoms with E-state index in [4.69, 9.17) is 4.74 Å². The van der Waals surface area contributed by atoms with Crippen LogP contribution in [0.4, 0.5) is 0 Å².